The molecule has 24 heavy (non-hydrogen) atoms. The molecule has 0 unspecified atom stereocenters. The Bertz CT molecular complexity index is 869. The molecule has 1 aromatic carbocycles. The number of benzene rings is 1. The molecule has 2 aromatic rings. The number of aromatic nitrogens is 1. The zero-order valence-corrected chi connectivity index (χ0v) is 15.1. The van der Waals surface area contributed by atoms with Crippen molar-refractivity contribution >= 4 is 27.0 Å². The number of fused-ring (bicyclic) bond motifs is 1. The van der Waals surface area contributed by atoms with Gasteiger partial charge in [0.05, 0.1) is 11.3 Å². The predicted octanol–water partition coefficient (Wildman–Crippen LogP) is 1.63. The first-order valence-electron chi connectivity index (χ1n) is 7.58. The molecule has 0 radical (unpaired) electrons. The highest BCUT2D eigenvalue weighted by Crippen LogP contribution is 2.28. The molecule has 0 aliphatic heterocycles. The van der Waals surface area contributed by atoms with Gasteiger partial charge < -0.3 is 10.0 Å². The average molecular weight is 353 g/mol. The van der Waals surface area contributed by atoms with Crippen molar-refractivity contribution in [1.29, 1.82) is 0 Å². The minimum atomic E-state index is -3.38. The van der Waals surface area contributed by atoms with Crippen LogP contribution in [0.25, 0.3) is 10.9 Å². The summed E-state index contributed by atoms with van der Waals surface area (Å²) in [5.74, 6) is -0.135. The summed E-state index contributed by atoms with van der Waals surface area (Å²) in [6, 6.07) is 5.11. The molecule has 0 atom stereocenters. The van der Waals surface area contributed by atoms with E-state index < -0.39 is 16.1 Å². The second-order valence-electron chi connectivity index (χ2n) is 6.05. The number of hydrogen-bond donors (Lipinski definition) is 2. The molecule has 2 N–H and O–H groups in total. The highest BCUT2D eigenvalue weighted by atomic mass is 32.2. The standard InChI is InChI=1S/C16H23N3O4S/c1-11-13(7-8-18(3)4)14-9-12(10-24(22,23)17-2)5-6-15(14)19(11)16(20)21/h5-6,9,17H,7-8,10H2,1-4H3,(H,20,21). The maximum atomic E-state index is 11.8. The monoisotopic (exact) mass is 353 g/mol. The molecule has 1 aromatic heterocycles. The van der Waals surface area contributed by atoms with E-state index in [1.807, 2.05) is 19.0 Å². The van der Waals surface area contributed by atoms with Crippen molar-refractivity contribution in [2.45, 2.75) is 19.1 Å². The maximum absolute atomic E-state index is 11.8. The molecule has 0 bridgehead atoms. The molecule has 0 saturated heterocycles. The van der Waals surface area contributed by atoms with E-state index in [-0.39, 0.29) is 5.75 Å². The van der Waals surface area contributed by atoms with Gasteiger partial charge >= 0.3 is 6.09 Å². The van der Waals surface area contributed by atoms with Crippen LogP contribution in [0.3, 0.4) is 0 Å². The largest absolute Gasteiger partial charge is 0.464 e. The van der Waals surface area contributed by atoms with Gasteiger partial charge in [-0.1, -0.05) is 6.07 Å². The Kier molecular flexibility index (Phi) is 5.32. The van der Waals surface area contributed by atoms with Gasteiger partial charge in [-0.3, -0.25) is 0 Å². The van der Waals surface area contributed by atoms with Crippen LogP contribution in [0.15, 0.2) is 18.2 Å². The van der Waals surface area contributed by atoms with Crippen LogP contribution >= 0.6 is 0 Å². The summed E-state index contributed by atoms with van der Waals surface area (Å²) in [6.45, 7) is 2.56. The second-order valence-corrected chi connectivity index (χ2v) is 7.98. The molecule has 0 aliphatic rings. The molecule has 1 heterocycles. The van der Waals surface area contributed by atoms with Crippen molar-refractivity contribution in [3.8, 4) is 0 Å². The molecule has 132 valence electrons. The Morgan fingerprint density at radius 1 is 1.33 bits per heavy atom. The van der Waals surface area contributed by atoms with E-state index in [2.05, 4.69) is 4.72 Å². The highest BCUT2D eigenvalue weighted by Gasteiger charge is 2.19. The molecule has 7 nitrogen and oxygen atoms in total. The Hall–Kier alpha value is -1.90. The van der Waals surface area contributed by atoms with Crippen molar-refractivity contribution < 1.29 is 18.3 Å². The lowest BCUT2D eigenvalue weighted by Gasteiger charge is -2.10. The number of nitrogens with one attached hydrogen (secondary N) is 1. The third-order valence-corrected chi connectivity index (χ3v) is 5.40. The molecule has 0 saturated carbocycles. The Morgan fingerprint density at radius 3 is 2.54 bits per heavy atom. The summed E-state index contributed by atoms with van der Waals surface area (Å²) < 4.78 is 27.1. The summed E-state index contributed by atoms with van der Waals surface area (Å²) in [5.41, 5.74) is 2.82. The third-order valence-electron chi connectivity index (χ3n) is 4.07. The third kappa shape index (κ3) is 3.77. The quantitative estimate of drug-likeness (QED) is 0.823. The zero-order valence-electron chi connectivity index (χ0n) is 14.3. The van der Waals surface area contributed by atoms with E-state index in [1.165, 1.54) is 11.6 Å². The van der Waals surface area contributed by atoms with Crippen molar-refractivity contribution in [2.24, 2.45) is 0 Å². The first kappa shape index (κ1) is 18.4. The van der Waals surface area contributed by atoms with E-state index in [0.717, 1.165) is 17.5 Å². The lowest BCUT2D eigenvalue weighted by atomic mass is 10.1. The number of sulfonamides is 1. The molecule has 0 fully saturated rings. The molecule has 8 heteroatoms. The minimum Gasteiger partial charge on any atom is -0.464 e. The Labute approximate surface area is 141 Å². The van der Waals surface area contributed by atoms with E-state index in [4.69, 9.17) is 0 Å². The smallest absolute Gasteiger partial charge is 0.416 e. The molecule has 0 spiro atoms. The first-order chi connectivity index (χ1) is 11.2. The Morgan fingerprint density at radius 2 is 2.00 bits per heavy atom. The molecular formula is C16H23N3O4S. The van der Waals surface area contributed by atoms with Crippen LogP contribution in [-0.4, -0.2) is 56.8 Å². The summed E-state index contributed by atoms with van der Waals surface area (Å²) >= 11 is 0. The fourth-order valence-electron chi connectivity index (χ4n) is 2.81. The summed E-state index contributed by atoms with van der Waals surface area (Å²) in [7, 11) is 1.91. The van der Waals surface area contributed by atoms with Gasteiger partial charge in [-0.15, -0.1) is 0 Å². The number of rotatable bonds is 6. The molecule has 0 amide bonds. The number of carbonyl (C=O) groups is 1. The van der Waals surface area contributed by atoms with E-state index in [1.54, 1.807) is 25.1 Å². The van der Waals surface area contributed by atoms with E-state index >= 15 is 0 Å². The van der Waals surface area contributed by atoms with Gasteiger partial charge in [0.15, 0.2) is 0 Å². The van der Waals surface area contributed by atoms with Gasteiger partial charge in [0.1, 0.15) is 0 Å². The first-order valence-corrected chi connectivity index (χ1v) is 9.23. The number of likely N-dealkylation sites (N-methyl/N-ethyl adjacent to an activating group) is 1. The van der Waals surface area contributed by atoms with Crippen molar-refractivity contribution in [3.63, 3.8) is 0 Å². The zero-order chi connectivity index (χ0) is 18.1. The van der Waals surface area contributed by atoms with Crippen LogP contribution in [0.4, 0.5) is 4.79 Å². The predicted molar refractivity (Wildman–Crippen MR) is 94.0 cm³/mol. The van der Waals surface area contributed by atoms with Gasteiger partial charge in [-0.2, -0.15) is 0 Å². The lowest BCUT2D eigenvalue weighted by Crippen LogP contribution is -2.20. The highest BCUT2D eigenvalue weighted by molar-refractivity contribution is 7.88. The van der Waals surface area contributed by atoms with Gasteiger partial charge in [0.2, 0.25) is 10.0 Å². The fraction of sp³-hybridized carbons (Fsp3) is 0.438. The van der Waals surface area contributed by atoms with Gasteiger partial charge in [0.25, 0.3) is 0 Å². The molecule has 0 aliphatic carbocycles. The SMILES string of the molecule is CNS(=O)(=O)Cc1ccc2c(c1)c(CCN(C)C)c(C)n2C(=O)O. The van der Waals surface area contributed by atoms with Gasteiger partial charge in [0, 0.05) is 17.6 Å². The number of hydrogen-bond acceptors (Lipinski definition) is 4. The molecule has 2 rings (SSSR count). The normalized spacial score (nSPS) is 12.2. The number of carboxylic acid groups (broad SMARTS) is 1. The Balaban J connectivity index is 2.59. The van der Waals surface area contributed by atoms with Crippen molar-refractivity contribution in [2.75, 3.05) is 27.7 Å². The van der Waals surface area contributed by atoms with Crippen LogP contribution in [0, 0.1) is 6.92 Å². The van der Waals surface area contributed by atoms with Crippen LogP contribution in [0.5, 0.6) is 0 Å². The summed E-state index contributed by atoms with van der Waals surface area (Å²) in [5, 5.41) is 10.3. The van der Waals surface area contributed by atoms with Crippen LogP contribution in [-0.2, 0) is 22.2 Å². The lowest BCUT2D eigenvalue weighted by molar-refractivity contribution is 0.197. The average Bonchev–Trinajstić information content (AvgIpc) is 2.76. The van der Waals surface area contributed by atoms with E-state index in [0.29, 0.717) is 23.2 Å². The number of nitrogens with zero attached hydrogens (tertiary/aromatic N) is 2. The van der Waals surface area contributed by atoms with Crippen LogP contribution in [0.2, 0.25) is 0 Å². The fourth-order valence-corrected chi connectivity index (χ4v) is 3.57. The summed E-state index contributed by atoms with van der Waals surface area (Å²) in [6.07, 6.45) is -0.345. The van der Waals surface area contributed by atoms with Crippen molar-refractivity contribution in [1.82, 2.24) is 14.2 Å². The minimum absolute atomic E-state index is 0.135. The van der Waals surface area contributed by atoms with E-state index in [9.17, 15) is 18.3 Å². The van der Waals surface area contributed by atoms with Gasteiger partial charge in [-0.05, 0) is 57.7 Å². The topological polar surface area (TPSA) is 91.6 Å². The molecular weight excluding hydrogens is 330 g/mol. The van der Waals surface area contributed by atoms with Gasteiger partial charge in [-0.25, -0.2) is 22.5 Å². The maximum Gasteiger partial charge on any atom is 0.416 e. The summed E-state index contributed by atoms with van der Waals surface area (Å²) in [4.78, 5) is 13.6. The van der Waals surface area contributed by atoms with Crippen LogP contribution < -0.4 is 4.72 Å². The van der Waals surface area contributed by atoms with Crippen molar-refractivity contribution in [3.05, 3.63) is 35.0 Å². The van der Waals surface area contributed by atoms with Crippen LogP contribution in [0.1, 0.15) is 16.8 Å². The second kappa shape index (κ2) is 6.92.